The van der Waals surface area contributed by atoms with Crippen molar-refractivity contribution in [2.75, 3.05) is 19.5 Å². The van der Waals surface area contributed by atoms with Gasteiger partial charge in [-0.1, -0.05) is 48.0 Å². The molecular formula is C20H23ClN3O4P. The van der Waals surface area contributed by atoms with E-state index in [-0.39, 0.29) is 11.2 Å². The Balaban J connectivity index is 2.16. The molecule has 1 heterocycles. The van der Waals surface area contributed by atoms with Crippen LogP contribution in [-0.2, 0) is 20.7 Å². The number of rotatable bonds is 7. The van der Waals surface area contributed by atoms with Gasteiger partial charge in [0.25, 0.3) is 5.56 Å². The zero-order chi connectivity index (χ0) is 21.2. The normalized spacial score (nSPS) is 12.7. The van der Waals surface area contributed by atoms with Gasteiger partial charge in [-0.3, -0.25) is 14.0 Å². The van der Waals surface area contributed by atoms with E-state index in [1.165, 1.54) is 18.9 Å². The zero-order valence-electron chi connectivity index (χ0n) is 16.6. The predicted molar refractivity (Wildman–Crippen MR) is 115 cm³/mol. The van der Waals surface area contributed by atoms with Gasteiger partial charge in [-0.2, -0.15) is 0 Å². The van der Waals surface area contributed by atoms with Crippen molar-refractivity contribution in [3.8, 4) is 5.69 Å². The second kappa shape index (κ2) is 8.59. The highest BCUT2D eigenvalue weighted by molar-refractivity contribution is 7.54. The summed E-state index contributed by atoms with van der Waals surface area (Å²) in [5.41, 5.74) is 1.89. The van der Waals surface area contributed by atoms with Crippen LogP contribution in [0.4, 0.5) is 5.69 Å². The van der Waals surface area contributed by atoms with Crippen LogP contribution in [0.5, 0.6) is 0 Å². The molecule has 29 heavy (non-hydrogen) atoms. The Morgan fingerprint density at radius 3 is 2.21 bits per heavy atom. The van der Waals surface area contributed by atoms with E-state index in [4.69, 9.17) is 20.6 Å². The molecule has 0 aliphatic rings. The topological polar surface area (TPSA) is 74.5 Å². The van der Waals surface area contributed by atoms with Gasteiger partial charge in [0, 0.05) is 31.9 Å². The highest BCUT2D eigenvalue weighted by Gasteiger charge is 2.38. The number of halogens is 1. The first kappa shape index (κ1) is 21.4. The molecule has 0 radical (unpaired) electrons. The van der Waals surface area contributed by atoms with E-state index < -0.39 is 13.4 Å². The second-order valence-electron chi connectivity index (χ2n) is 6.41. The number of para-hydroxylation sites is 1. The molecule has 2 aromatic carbocycles. The number of anilines is 1. The fourth-order valence-electron chi connectivity index (χ4n) is 3.18. The van der Waals surface area contributed by atoms with Crippen LogP contribution >= 0.6 is 19.2 Å². The molecule has 0 spiro atoms. The van der Waals surface area contributed by atoms with E-state index in [1.54, 1.807) is 42.9 Å². The average molecular weight is 436 g/mol. The lowest BCUT2D eigenvalue weighted by Gasteiger charge is -2.26. The molecule has 1 unspecified atom stereocenters. The van der Waals surface area contributed by atoms with Crippen LogP contribution in [0.1, 0.15) is 17.0 Å². The highest BCUT2D eigenvalue weighted by Crippen LogP contribution is 2.60. The Morgan fingerprint density at radius 1 is 1.03 bits per heavy atom. The minimum Gasteiger partial charge on any atom is -0.362 e. The maximum Gasteiger partial charge on any atom is 0.356 e. The van der Waals surface area contributed by atoms with E-state index in [0.717, 1.165) is 0 Å². The number of benzene rings is 2. The first-order chi connectivity index (χ1) is 13.8. The minimum absolute atomic E-state index is 0.285. The van der Waals surface area contributed by atoms with E-state index in [2.05, 4.69) is 5.32 Å². The smallest absolute Gasteiger partial charge is 0.356 e. The van der Waals surface area contributed by atoms with Crippen molar-refractivity contribution in [3.05, 3.63) is 81.2 Å². The molecule has 0 fully saturated rings. The highest BCUT2D eigenvalue weighted by atomic mass is 35.5. The zero-order valence-corrected chi connectivity index (χ0v) is 18.3. The van der Waals surface area contributed by atoms with Crippen LogP contribution in [0.2, 0.25) is 5.02 Å². The number of hydrogen-bond donors (Lipinski definition) is 1. The largest absolute Gasteiger partial charge is 0.362 e. The molecule has 1 aromatic heterocycles. The summed E-state index contributed by atoms with van der Waals surface area (Å²) in [4.78, 5) is 13.2. The molecule has 9 heteroatoms. The molecule has 3 rings (SSSR count). The maximum atomic E-state index is 13.3. The van der Waals surface area contributed by atoms with Gasteiger partial charge in [-0.05, 0) is 25.1 Å². The summed E-state index contributed by atoms with van der Waals surface area (Å²) < 4.78 is 27.0. The molecule has 0 saturated carbocycles. The van der Waals surface area contributed by atoms with Gasteiger partial charge >= 0.3 is 7.60 Å². The van der Waals surface area contributed by atoms with E-state index >= 15 is 0 Å². The lowest BCUT2D eigenvalue weighted by molar-refractivity contribution is 0.268. The summed E-state index contributed by atoms with van der Waals surface area (Å²) in [5.74, 6) is -0.968. The third kappa shape index (κ3) is 3.91. The summed E-state index contributed by atoms with van der Waals surface area (Å²) in [7, 11) is 0.710. The van der Waals surface area contributed by atoms with E-state index in [1.807, 2.05) is 30.3 Å². The Bertz CT molecular complexity index is 1100. The van der Waals surface area contributed by atoms with Crippen molar-refractivity contribution >= 4 is 24.9 Å². The van der Waals surface area contributed by atoms with Gasteiger partial charge in [-0.25, -0.2) is 4.68 Å². The van der Waals surface area contributed by atoms with Crippen LogP contribution in [0.3, 0.4) is 0 Å². The quantitative estimate of drug-likeness (QED) is 0.543. The van der Waals surface area contributed by atoms with Crippen molar-refractivity contribution in [1.29, 1.82) is 0 Å². The van der Waals surface area contributed by atoms with Crippen LogP contribution in [0.25, 0.3) is 5.69 Å². The van der Waals surface area contributed by atoms with Gasteiger partial charge in [-0.15, -0.1) is 0 Å². The third-order valence-corrected chi connectivity index (χ3v) is 7.26. The van der Waals surface area contributed by atoms with Crippen LogP contribution in [0, 0.1) is 6.92 Å². The molecule has 0 amide bonds. The standard InChI is InChI=1S/C20H23ClN3O4P/c1-14-18(20(25)24(23(14)2)15-10-6-5-7-11-15)22-19(29(26,27-3)28-4)16-12-8-9-13-17(16)21/h5-13,19,22H,1-4H3. The minimum atomic E-state index is -3.68. The van der Waals surface area contributed by atoms with Crippen LogP contribution in [-0.4, -0.2) is 23.6 Å². The predicted octanol–water partition coefficient (Wildman–Crippen LogP) is 4.73. The molecule has 1 atom stereocenters. The Morgan fingerprint density at radius 2 is 1.62 bits per heavy atom. The van der Waals surface area contributed by atoms with Gasteiger partial charge in [0.05, 0.1) is 11.4 Å². The summed E-state index contributed by atoms with van der Waals surface area (Å²) >= 11 is 6.36. The fourth-order valence-corrected chi connectivity index (χ4v) is 4.93. The number of nitrogens with zero attached hydrogens (tertiary/aromatic N) is 2. The van der Waals surface area contributed by atoms with Crippen LogP contribution in [0.15, 0.2) is 59.4 Å². The first-order valence-corrected chi connectivity index (χ1v) is 10.9. The van der Waals surface area contributed by atoms with Crippen molar-refractivity contribution in [3.63, 3.8) is 0 Å². The average Bonchev–Trinajstić information content (AvgIpc) is 2.95. The summed E-state index contributed by atoms with van der Waals surface area (Å²) in [6, 6.07) is 16.2. The lowest BCUT2D eigenvalue weighted by Crippen LogP contribution is -2.23. The fraction of sp³-hybridized carbons (Fsp3) is 0.250. The summed E-state index contributed by atoms with van der Waals surface area (Å²) in [6.45, 7) is 1.80. The monoisotopic (exact) mass is 435 g/mol. The lowest BCUT2D eigenvalue weighted by atomic mass is 10.2. The van der Waals surface area contributed by atoms with Crippen molar-refractivity contribution in [2.24, 2.45) is 7.05 Å². The Kier molecular flexibility index (Phi) is 6.34. The van der Waals surface area contributed by atoms with Crippen molar-refractivity contribution < 1.29 is 13.6 Å². The molecule has 1 N–H and O–H groups in total. The van der Waals surface area contributed by atoms with Gasteiger partial charge in [0.1, 0.15) is 5.69 Å². The maximum absolute atomic E-state index is 13.3. The molecule has 0 saturated heterocycles. The third-order valence-electron chi connectivity index (χ3n) is 4.86. The molecule has 154 valence electrons. The van der Waals surface area contributed by atoms with Gasteiger partial charge in [0.2, 0.25) is 0 Å². The van der Waals surface area contributed by atoms with Gasteiger partial charge < -0.3 is 14.4 Å². The summed E-state index contributed by atoms with van der Waals surface area (Å²) in [6.07, 6.45) is 0. The van der Waals surface area contributed by atoms with Crippen molar-refractivity contribution in [1.82, 2.24) is 9.36 Å². The summed E-state index contributed by atoms with van der Waals surface area (Å²) in [5, 5.41) is 3.48. The molecule has 7 nitrogen and oxygen atoms in total. The molecule has 0 aliphatic carbocycles. The number of aromatic nitrogens is 2. The molecular weight excluding hydrogens is 413 g/mol. The van der Waals surface area contributed by atoms with E-state index in [9.17, 15) is 9.36 Å². The van der Waals surface area contributed by atoms with Crippen molar-refractivity contribution in [2.45, 2.75) is 12.7 Å². The molecule has 3 aromatic rings. The Labute approximate surface area is 174 Å². The van der Waals surface area contributed by atoms with Crippen LogP contribution < -0.4 is 10.9 Å². The van der Waals surface area contributed by atoms with Gasteiger partial charge in [0.15, 0.2) is 5.78 Å². The Hall–Kier alpha value is -2.31. The molecule has 0 aliphatic heterocycles. The second-order valence-corrected chi connectivity index (χ2v) is 9.14. The number of hydrogen-bond acceptors (Lipinski definition) is 5. The number of nitrogens with one attached hydrogen (secondary N) is 1. The molecule has 0 bridgehead atoms. The first-order valence-electron chi connectivity index (χ1n) is 8.90. The SMILES string of the molecule is COP(=O)(OC)C(Nc1c(C)n(C)n(-c2ccccc2)c1=O)c1ccccc1Cl. The van der Waals surface area contributed by atoms with E-state index in [0.29, 0.717) is 22.0 Å².